The number of nitrogens with one attached hydrogen (secondary N) is 2. The summed E-state index contributed by atoms with van der Waals surface area (Å²) in [6, 6.07) is 12.8. The van der Waals surface area contributed by atoms with Crippen molar-refractivity contribution in [3.8, 4) is 0 Å². The summed E-state index contributed by atoms with van der Waals surface area (Å²) >= 11 is 0. The summed E-state index contributed by atoms with van der Waals surface area (Å²) in [6.07, 6.45) is -1.43. The lowest BCUT2D eigenvalue weighted by Crippen LogP contribution is -2.62. The zero-order chi connectivity index (χ0) is 26.7. The van der Waals surface area contributed by atoms with Gasteiger partial charge in [0.15, 0.2) is 12.2 Å². The summed E-state index contributed by atoms with van der Waals surface area (Å²) in [5.41, 5.74) is -1.29. The molecule has 0 aliphatic carbocycles. The van der Waals surface area contributed by atoms with Crippen LogP contribution in [-0.2, 0) is 33.5 Å². The number of hydrogen-bond acceptors (Lipinski definition) is 5. The molecule has 0 bridgehead atoms. The molecule has 2 aromatic carbocycles. The number of hydrogen-bond donors (Lipinski definition) is 2. The summed E-state index contributed by atoms with van der Waals surface area (Å²) in [4.78, 5) is 16.0. The molecule has 198 valence electrons. The van der Waals surface area contributed by atoms with Crippen LogP contribution in [0.1, 0.15) is 60.8 Å². The summed E-state index contributed by atoms with van der Waals surface area (Å²) in [5.74, 6) is 0.303. The Balaban J connectivity index is 1.59. The van der Waals surface area contributed by atoms with Gasteiger partial charge in [-0.15, -0.1) is 0 Å². The number of rotatable bonds is 8. The minimum absolute atomic E-state index is 0.0546. The first kappa shape index (κ1) is 26.8. The third kappa shape index (κ3) is 5.86. The normalized spacial score (nSPS) is 23.0. The molecule has 3 aromatic rings. The van der Waals surface area contributed by atoms with Gasteiger partial charge in [-0.05, 0) is 48.6 Å². The minimum Gasteiger partial charge on any atom is -0.446 e. The third-order valence-electron chi connectivity index (χ3n) is 6.90. The van der Waals surface area contributed by atoms with Gasteiger partial charge in [-0.3, -0.25) is 4.79 Å². The van der Waals surface area contributed by atoms with E-state index < -0.39 is 35.6 Å². The molecule has 4 rings (SSSR count). The summed E-state index contributed by atoms with van der Waals surface area (Å²) < 4.78 is 65.1. The number of oxazole rings is 1. The second kappa shape index (κ2) is 10.6. The number of ether oxygens (including phenoxy) is 1. The van der Waals surface area contributed by atoms with Gasteiger partial charge in [0.25, 0.3) is 0 Å². The lowest BCUT2D eigenvalue weighted by Gasteiger charge is -2.47. The fraction of sp³-hybridized carbons (Fsp3) is 0.407. The molecule has 37 heavy (non-hydrogen) atoms. The Kier molecular flexibility index (Phi) is 7.70. The minimum atomic E-state index is -4.59. The van der Waals surface area contributed by atoms with Crippen LogP contribution in [-0.4, -0.2) is 24.0 Å². The molecule has 0 saturated carbocycles. The van der Waals surface area contributed by atoms with Crippen molar-refractivity contribution in [1.82, 2.24) is 15.6 Å². The number of alkyl halides is 4. The fourth-order valence-electron chi connectivity index (χ4n) is 4.86. The number of benzene rings is 2. The third-order valence-corrected chi connectivity index (χ3v) is 6.90. The van der Waals surface area contributed by atoms with Crippen LogP contribution in [0.2, 0.25) is 0 Å². The van der Waals surface area contributed by atoms with Crippen LogP contribution in [0.5, 0.6) is 0 Å². The van der Waals surface area contributed by atoms with E-state index in [9.17, 15) is 22.4 Å². The molecule has 0 radical (unpaired) electrons. The van der Waals surface area contributed by atoms with Gasteiger partial charge in [-0.1, -0.05) is 36.4 Å². The molecule has 2 heterocycles. The van der Waals surface area contributed by atoms with Crippen LogP contribution < -0.4 is 10.6 Å². The molecule has 1 aromatic heterocycles. The number of nitrogens with zero attached hydrogens (tertiary/aromatic N) is 1. The second-order valence-corrected chi connectivity index (χ2v) is 9.48. The monoisotopic (exact) mass is 519 g/mol. The first-order valence-corrected chi connectivity index (χ1v) is 11.9. The van der Waals surface area contributed by atoms with E-state index in [2.05, 4.69) is 15.6 Å². The van der Waals surface area contributed by atoms with E-state index in [1.165, 1.54) is 19.4 Å². The Labute approximate surface area is 212 Å². The molecule has 0 unspecified atom stereocenters. The van der Waals surface area contributed by atoms with Crippen molar-refractivity contribution in [2.75, 3.05) is 13.2 Å². The quantitative estimate of drug-likeness (QED) is 0.382. The number of halogens is 4. The fourth-order valence-corrected chi connectivity index (χ4v) is 4.86. The van der Waals surface area contributed by atoms with E-state index in [0.29, 0.717) is 25.1 Å². The second-order valence-electron chi connectivity index (χ2n) is 9.48. The molecule has 1 fully saturated rings. The molecule has 0 spiro atoms. The molecule has 6 nitrogen and oxygen atoms in total. The van der Waals surface area contributed by atoms with Crippen LogP contribution in [0, 0.1) is 0 Å². The molecule has 3 atom stereocenters. The van der Waals surface area contributed by atoms with Crippen molar-refractivity contribution >= 4 is 5.91 Å². The van der Waals surface area contributed by atoms with Gasteiger partial charge < -0.3 is 19.8 Å². The highest BCUT2D eigenvalue weighted by atomic mass is 19.4. The average Bonchev–Trinajstić information content (AvgIpc) is 3.43. The van der Waals surface area contributed by atoms with E-state index in [-0.39, 0.29) is 23.6 Å². The van der Waals surface area contributed by atoms with E-state index in [1.807, 2.05) is 30.3 Å². The highest BCUT2D eigenvalue weighted by Crippen LogP contribution is 2.40. The van der Waals surface area contributed by atoms with Crippen LogP contribution in [0.25, 0.3) is 0 Å². The zero-order valence-corrected chi connectivity index (χ0v) is 20.6. The summed E-state index contributed by atoms with van der Waals surface area (Å²) in [5, 5.41) is 6.52. The summed E-state index contributed by atoms with van der Waals surface area (Å²) in [6.45, 7) is 2.51. The summed E-state index contributed by atoms with van der Waals surface area (Å²) in [7, 11) is 0. The van der Waals surface area contributed by atoms with Crippen molar-refractivity contribution < 1.29 is 31.5 Å². The van der Waals surface area contributed by atoms with E-state index in [4.69, 9.17) is 9.15 Å². The Morgan fingerprint density at radius 1 is 1.22 bits per heavy atom. The van der Waals surface area contributed by atoms with Crippen molar-refractivity contribution in [2.45, 2.75) is 56.7 Å². The molecule has 10 heteroatoms. The maximum atomic E-state index is 13.4. The average molecular weight is 520 g/mol. The Morgan fingerprint density at radius 3 is 2.54 bits per heavy atom. The lowest BCUT2D eigenvalue weighted by atomic mass is 9.75. The first-order chi connectivity index (χ1) is 17.6. The predicted molar refractivity (Wildman–Crippen MR) is 128 cm³/mol. The van der Waals surface area contributed by atoms with Crippen LogP contribution in [0.3, 0.4) is 0 Å². The number of carbonyl (C=O) groups excluding carboxylic acids is 1. The lowest BCUT2D eigenvalue weighted by molar-refractivity contribution is -0.137. The van der Waals surface area contributed by atoms with Gasteiger partial charge in [0.1, 0.15) is 12.2 Å². The van der Waals surface area contributed by atoms with E-state index in [1.54, 1.807) is 13.1 Å². The van der Waals surface area contributed by atoms with Gasteiger partial charge in [0.05, 0.1) is 30.0 Å². The van der Waals surface area contributed by atoms with E-state index in [0.717, 1.165) is 17.7 Å². The van der Waals surface area contributed by atoms with Crippen molar-refractivity contribution in [3.05, 3.63) is 89.1 Å². The molecule has 1 aliphatic rings. The molecule has 2 N–H and O–H groups in total. The molecule has 1 amide bonds. The smallest absolute Gasteiger partial charge is 0.416 e. The number of aromatic nitrogens is 1. The largest absolute Gasteiger partial charge is 0.446 e. The van der Waals surface area contributed by atoms with Crippen molar-refractivity contribution in [2.24, 2.45) is 0 Å². The highest BCUT2D eigenvalue weighted by molar-refractivity contribution is 5.74. The van der Waals surface area contributed by atoms with Gasteiger partial charge in [0, 0.05) is 13.5 Å². The van der Waals surface area contributed by atoms with Crippen molar-refractivity contribution in [3.63, 3.8) is 0 Å². The standard InChI is InChI=1S/C27H29F4N3O3/c1-18(21-10-20(13-28)11-23(12-21)27(29,30)31)36-16-26(22-6-4-3-5-7-22)9-8-25(15-33-26,34-19(2)35)24-14-32-17-37-24/h3-7,10-12,14,17-18,33H,8-9,13,15-16H2,1-2H3,(H,34,35)/t18-,25+,26-/m1/s1. The van der Waals surface area contributed by atoms with E-state index >= 15 is 0 Å². The molecule has 1 aliphatic heterocycles. The van der Waals surface area contributed by atoms with Crippen LogP contribution >= 0.6 is 0 Å². The number of amides is 1. The maximum Gasteiger partial charge on any atom is 0.416 e. The van der Waals surface area contributed by atoms with Crippen LogP contribution in [0.15, 0.2) is 65.5 Å². The maximum absolute atomic E-state index is 13.4. The van der Waals surface area contributed by atoms with Gasteiger partial charge >= 0.3 is 6.18 Å². The Hall–Kier alpha value is -3.24. The predicted octanol–water partition coefficient (Wildman–Crippen LogP) is 5.55. The first-order valence-electron chi connectivity index (χ1n) is 11.9. The molecular weight excluding hydrogens is 490 g/mol. The Bertz CT molecular complexity index is 1190. The molecular formula is C27H29F4N3O3. The Morgan fingerprint density at radius 2 is 1.97 bits per heavy atom. The van der Waals surface area contributed by atoms with Crippen LogP contribution in [0.4, 0.5) is 17.6 Å². The topological polar surface area (TPSA) is 76.4 Å². The number of piperidine rings is 1. The van der Waals surface area contributed by atoms with Gasteiger partial charge in [-0.2, -0.15) is 13.2 Å². The van der Waals surface area contributed by atoms with Gasteiger partial charge in [0.2, 0.25) is 5.91 Å². The zero-order valence-electron chi connectivity index (χ0n) is 20.6. The SMILES string of the molecule is CC(=O)N[C@@]1(c2cnco2)CC[C@@](CO[C@H](C)c2cc(CF)cc(C(F)(F)F)c2)(c2ccccc2)NC1. The highest BCUT2D eigenvalue weighted by Gasteiger charge is 2.47. The van der Waals surface area contributed by atoms with Crippen molar-refractivity contribution in [1.29, 1.82) is 0 Å². The number of carbonyl (C=O) groups is 1. The van der Waals surface area contributed by atoms with Gasteiger partial charge in [-0.25, -0.2) is 9.37 Å². The molecule has 1 saturated heterocycles.